The van der Waals surface area contributed by atoms with E-state index in [0.29, 0.717) is 0 Å². The first-order valence-electron chi connectivity index (χ1n) is 6.90. The molecular formula is C16H17N3S2. The molecule has 0 bridgehead atoms. The van der Waals surface area contributed by atoms with Gasteiger partial charge in [0.1, 0.15) is 6.33 Å². The van der Waals surface area contributed by atoms with E-state index in [1.807, 2.05) is 6.33 Å². The lowest BCUT2D eigenvalue weighted by Crippen LogP contribution is -2.01. The molecule has 2 heterocycles. The number of hydrogen-bond donors (Lipinski definition) is 0. The molecule has 0 amide bonds. The molecule has 0 spiro atoms. The van der Waals surface area contributed by atoms with Gasteiger partial charge in [-0.1, -0.05) is 47.7 Å². The van der Waals surface area contributed by atoms with E-state index < -0.39 is 0 Å². The third-order valence-electron chi connectivity index (χ3n) is 3.21. The van der Waals surface area contributed by atoms with Gasteiger partial charge < -0.3 is 4.57 Å². The van der Waals surface area contributed by atoms with Crippen LogP contribution in [-0.2, 0) is 18.7 Å². The lowest BCUT2D eigenvalue weighted by Gasteiger charge is -2.06. The molecule has 0 fully saturated rings. The van der Waals surface area contributed by atoms with Crippen LogP contribution in [0.3, 0.4) is 0 Å². The minimum absolute atomic E-state index is 0.930. The fourth-order valence-corrected chi connectivity index (χ4v) is 3.73. The molecule has 5 heteroatoms. The quantitative estimate of drug-likeness (QED) is 0.639. The molecular weight excluding hydrogens is 298 g/mol. The van der Waals surface area contributed by atoms with Crippen molar-refractivity contribution in [3.8, 4) is 0 Å². The highest BCUT2D eigenvalue weighted by atomic mass is 32.2. The molecule has 108 valence electrons. The van der Waals surface area contributed by atoms with Gasteiger partial charge in [0.15, 0.2) is 5.16 Å². The van der Waals surface area contributed by atoms with Gasteiger partial charge in [-0.3, -0.25) is 0 Å². The summed E-state index contributed by atoms with van der Waals surface area (Å²) in [7, 11) is 0. The first-order valence-corrected chi connectivity index (χ1v) is 8.76. The van der Waals surface area contributed by atoms with Crippen LogP contribution in [0.5, 0.6) is 0 Å². The van der Waals surface area contributed by atoms with Crippen LogP contribution in [0.25, 0.3) is 0 Å². The summed E-state index contributed by atoms with van der Waals surface area (Å²) < 4.78 is 2.14. The third kappa shape index (κ3) is 3.95. The number of thioether (sulfide) groups is 1. The lowest BCUT2D eigenvalue weighted by atomic mass is 10.2. The highest BCUT2D eigenvalue weighted by Crippen LogP contribution is 2.21. The van der Waals surface area contributed by atoms with E-state index in [4.69, 9.17) is 0 Å². The number of aryl methyl sites for hydroxylation is 3. The molecule has 3 aromatic rings. The van der Waals surface area contributed by atoms with Crippen LogP contribution in [-0.4, -0.2) is 14.8 Å². The van der Waals surface area contributed by atoms with Crippen LogP contribution >= 0.6 is 23.1 Å². The van der Waals surface area contributed by atoms with Crippen LogP contribution in [0, 0.1) is 6.92 Å². The molecule has 3 nitrogen and oxygen atoms in total. The molecule has 0 saturated heterocycles. The standard InChI is InChI=1S/C16H17N3S2/c1-13-4-2-5-14(10-13)11-21-16-18-17-12-19(16)8-7-15-6-3-9-20-15/h2-6,9-10,12H,7-8,11H2,1H3. The van der Waals surface area contributed by atoms with Crippen molar-refractivity contribution in [2.75, 3.05) is 0 Å². The molecule has 3 rings (SSSR count). The van der Waals surface area contributed by atoms with Gasteiger partial charge in [0.05, 0.1) is 0 Å². The normalized spacial score (nSPS) is 10.9. The number of aromatic nitrogens is 3. The van der Waals surface area contributed by atoms with E-state index in [2.05, 4.69) is 63.5 Å². The Bertz CT molecular complexity index is 689. The number of rotatable bonds is 6. The third-order valence-corrected chi connectivity index (χ3v) is 5.20. The molecule has 0 aliphatic heterocycles. The number of thiophene rings is 1. The second kappa shape index (κ2) is 6.91. The lowest BCUT2D eigenvalue weighted by molar-refractivity contribution is 0.637. The monoisotopic (exact) mass is 315 g/mol. The Hall–Kier alpha value is -1.59. The van der Waals surface area contributed by atoms with E-state index in [1.165, 1.54) is 16.0 Å². The van der Waals surface area contributed by atoms with Crippen LogP contribution in [0.4, 0.5) is 0 Å². The van der Waals surface area contributed by atoms with Gasteiger partial charge in [0, 0.05) is 17.2 Å². The minimum Gasteiger partial charge on any atom is -0.308 e. The fraction of sp³-hybridized carbons (Fsp3) is 0.250. The summed E-state index contributed by atoms with van der Waals surface area (Å²) in [5.41, 5.74) is 2.63. The summed E-state index contributed by atoms with van der Waals surface area (Å²) in [5.74, 6) is 0.930. The second-order valence-corrected chi connectivity index (χ2v) is 6.89. The van der Waals surface area contributed by atoms with Crippen LogP contribution in [0.1, 0.15) is 16.0 Å². The van der Waals surface area contributed by atoms with Crippen LogP contribution < -0.4 is 0 Å². The van der Waals surface area contributed by atoms with Crippen molar-refractivity contribution < 1.29 is 0 Å². The highest BCUT2D eigenvalue weighted by molar-refractivity contribution is 7.98. The molecule has 0 unspecified atom stereocenters. The van der Waals surface area contributed by atoms with Crippen LogP contribution in [0.2, 0.25) is 0 Å². The maximum absolute atomic E-state index is 4.23. The number of hydrogen-bond acceptors (Lipinski definition) is 4. The number of nitrogens with zero attached hydrogens (tertiary/aromatic N) is 3. The Morgan fingerprint density at radius 3 is 3.00 bits per heavy atom. The smallest absolute Gasteiger partial charge is 0.191 e. The molecule has 0 aliphatic carbocycles. The summed E-state index contributed by atoms with van der Waals surface area (Å²) in [6.45, 7) is 3.06. The van der Waals surface area contributed by atoms with Gasteiger partial charge in [0.2, 0.25) is 0 Å². The molecule has 1 aromatic carbocycles. The van der Waals surface area contributed by atoms with Crippen molar-refractivity contribution in [3.63, 3.8) is 0 Å². The average Bonchev–Trinajstić information content (AvgIpc) is 3.14. The molecule has 0 saturated carbocycles. The SMILES string of the molecule is Cc1cccc(CSc2nncn2CCc2cccs2)c1. The minimum atomic E-state index is 0.930. The van der Waals surface area contributed by atoms with Gasteiger partial charge in [-0.15, -0.1) is 21.5 Å². The predicted molar refractivity (Wildman–Crippen MR) is 88.8 cm³/mol. The van der Waals surface area contributed by atoms with Gasteiger partial charge in [-0.2, -0.15) is 0 Å². The molecule has 21 heavy (non-hydrogen) atoms. The summed E-state index contributed by atoms with van der Waals surface area (Å²) in [5, 5.41) is 11.4. The number of benzene rings is 1. The fourth-order valence-electron chi connectivity index (χ4n) is 2.14. The summed E-state index contributed by atoms with van der Waals surface area (Å²) in [6, 6.07) is 12.9. The predicted octanol–water partition coefficient (Wildman–Crippen LogP) is 4.18. The Morgan fingerprint density at radius 2 is 2.19 bits per heavy atom. The van der Waals surface area contributed by atoms with E-state index in [1.54, 1.807) is 23.1 Å². The molecule has 0 atom stereocenters. The van der Waals surface area contributed by atoms with Gasteiger partial charge >= 0.3 is 0 Å². The summed E-state index contributed by atoms with van der Waals surface area (Å²) >= 11 is 3.55. The van der Waals surface area contributed by atoms with Crippen molar-refractivity contribution in [2.24, 2.45) is 0 Å². The molecule has 0 aliphatic rings. The van der Waals surface area contributed by atoms with Crippen molar-refractivity contribution in [2.45, 2.75) is 30.8 Å². The summed E-state index contributed by atoms with van der Waals surface area (Å²) in [6.07, 6.45) is 2.86. The zero-order chi connectivity index (χ0) is 14.5. The Kier molecular flexibility index (Phi) is 4.72. The highest BCUT2D eigenvalue weighted by Gasteiger charge is 2.06. The largest absolute Gasteiger partial charge is 0.308 e. The topological polar surface area (TPSA) is 30.7 Å². The zero-order valence-electron chi connectivity index (χ0n) is 11.9. The maximum Gasteiger partial charge on any atom is 0.191 e. The van der Waals surface area contributed by atoms with Gasteiger partial charge in [0.25, 0.3) is 0 Å². The van der Waals surface area contributed by atoms with Gasteiger partial charge in [-0.25, -0.2) is 0 Å². The van der Waals surface area contributed by atoms with E-state index in [9.17, 15) is 0 Å². The van der Waals surface area contributed by atoms with Crippen molar-refractivity contribution in [3.05, 3.63) is 64.1 Å². The van der Waals surface area contributed by atoms with E-state index >= 15 is 0 Å². The second-order valence-electron chi connectivity index (χ2n) is 4.91. The Balaban J connectivity index is 1.60. The molecule has 0 radical (unpaired) electrons. The molecule has 2 aromatic heterocycles. The first kappa shape index (κ1) is 14.4. The van der Waals surface area contributed by atoms with Crippen LogP contribution in [0.15, 0.2) is 53.3 Å². The first-order chi connectivity index (χ1) is 10.3. The summed E-state index contributed by atoms with van der Waals surface area (Å²) in [4.78, 5) is 1.40. The zero-order valence-corrected chi connectivity index (χ0v) is 13.5. The maximum atomic E-state index is 4.23. The van der Waals surface area contributed by atoms with E-state index in [-0.39, 0.29) is 0 Å². The Morgan fingerprint density at radius 1 is 1.24 bits per heavy atom. The van der Waals surface area contributed by atoms with Gasteiger partial charge in [-0.05, 0) is 30.4 Å². The average molecular weight is 315 g/mol. The van der Waals surface area contributed by atoms with Crippen molar-refractivity contribution in [1.82, 2.24) is 14.8 Å². The van der Waals surface area contributed by atoms with E-state index in [0.717, 1.165) is 23.9 Å². The molecule has 0 N–H and O–H groups in total. The van der Waals surface area contributed by atoms with Crippen molar-refractivity contribution in [1.29, 1.82) is 0 Å². The van der Waals surface area contributed by atoms with Crippen molar-refractivity contribution >= 4 is 23.1 Å². The Labute approximate surface area is 133 Å².